The van der Waals surface area contributed by atoms with Crippen molar-refractivity contribution >= 4 is 11.1 Å². The summed E-state index contributed by atoms with van der Waals surface area (Å²) in [5, 5.41) is 8.51. The maximum absolute atomic E-state index is 9.84. The van der Waals surface area contributed by atoms with Gasteiger partial charge in [-0.3, -0.25) is 4.21 Å². The molecule has 0 fully saturated rings. The van der Waals surface area contributed by atoms with Gasteiger partial charge in [-0.05, 0) is 17.5 Å². The maximum atomic E-state index is 9.84. The van der Waals surface area contributed by atoms with Crippen molar-refractivity contribution in [2.24, 2.45) is 0 Å². The van der Waals surface area contributed by atoms with Gasteiger partial charge in [-0.25, -0.2) is 0 Å². The van der Waals surface area contributed by atoms with Crippen LogP contribution in [0.5, 0.6) is 0 Å². The zero-order valence-corrected chi connectivity index (χ0v) is 9.60. The minimum atomic E-state index is -2.30. The van der Waals surface area contributed by atoms with Crippen LogP contribution in [0.2, 0.25) is 0 Å². The van der Waals surface area contributed by atoms with Crippen LogP contribution in [-0.4, -0.2) is 19.3 Å². The van der Waals surface area contributed by atoms with Crippen LogP contribution in [0.1, 0.15) is 19.8 Å². The molecule has 50 valence electrons. The summed E-state index contributed by atoms with van der Waals surface area (Å²) in [7, 11) is 0. The first kappa shape index (κ1) is 13.3. The molecule has 2 unspecified atom stereocenters. The number of rotatable bonds is 3. The minimum Gasteiger partial charge on any atom is -0.770 e. The fourth-order valence-electron chi connectivity index (χ4n) is 0.343. The average Bonchev–Trinajstić information content (AvgIpc) is 1.67. The third-order valence-corrected chi connectivity index (χ3v) is 1.44. The number of hydrogen-bond donors (Lipinski definition) is 1. The Kier molecular flexibility index (Phi) is 11.5. The van der Waals surface area contributed by atoms with Gasteiger partial charge >= 0.3 is 51.4 Å². The van der Waals surface area contributed by atoms with Crippen LogP contribution >= 0.6 is 0 Å². The van der Waals surface area contributed by atoms with E-state index in [-0.39, 0.29) is 51.4 Å². The fourth-order valence-corrected chi connectivity index (χ4v) is 0.771. The molecule has 0 aromatic rings. The molecular weight excluding hydrogens is 167 g/mol. The minimum absolute atomic E-state index is 0. The summed E-state index contributed by atoms with van der Waals surface area (Å²) < 4.78 is 19.7. The van der Waals surface area contributed by atoms with Crippen molar-refractivity contribution in [2.45, 2.75) is 25.2 Å². The molecule has 0 saturated carbocycles. The van der Waals surface area contributed by atoms with Gasteiger partial charge in [-0.15, -0.1) is 0 Å². The maximum Gasteiger partial charge on any atom is 1.00 e. The van der Waals surface area contributed by atoms with Gasteiger partial charge in [0, 0.05) is 0 Å². The number of hydrogen-bond acceptors (Lipinski definition) is 3. The Bertz CT molecular complexity index is 87.9. The molecule has 0 aromatic carbocycles. The molecule has 0 bridgehead atoms. The van der Waals surface area contributed by atoms with E-state index in [2.05, 4.69) is 0 Å². The van der Waals surface area contributed by atoms with Crippen molar-refractivity contribution in [1.29, 1.82) is 0 Å². The van der Waals surface area contributed by atoms with Crippen LogP contribution in [0, 0.1) is 0 Å². The third kappa shape index (κ3) is 7.60. The summed E-state index contributed by atoms with van der Waals surface area (Å²) in [5.41, 5.74) is -1.17. The second-order valence-corrected chi connectivity index (χ2v) is 2.57. The first-order valence-electron chi connectivity index (χ1n) is 2.44. The van der Waals surface area contributed by atoms with Crippen molar-refractivity contribution in [2.75, 3.05) is 0 Å². The number of aliphatic hydroxyl groups excluding tert-OH is 1. The van der Waals surface area contributed by atoms with Gasteiger partial charge in [0.15, 0.2) is 0 Å². The standard InChI is InChI=1S/C4H10O3S.K/c1-2-3-4(5)8(6)7;/h4-5H,2-3H2,1H3,(H,6,7);/q;+1/p-1. The first-order valence-corrected chi connectivity index (χ1v) is 3.58. The van der Waals surface area contributed by atoms with Crippen LogP contribution in [0.15, 0.2) is 0 Å². The van der Waals surface area contributed by atoms with E-state index in [0.29, 0.717) is 12.8 Å². The normalized spacial score (nSPS) is 15.9. The Morgan fingerprint density at radius 2 is 2.22 bits per heavy atom. The zero-order valence-electron chi connectivity index (χ0n) is 5.66. The molecule has 1 N–H and O–H groups in total. The fraction of sp³-hybridized carbons (Fsp3) is 1.00. The molecule has 0 aliphatic heterocycles. The van der Waals surface area contributed by atoms with Crippen LogP contribution in [0.4, 0.5) is 0 Å². The molecule has 0 rings (SSSR count). The predicted molar refractivity (Wildman–Crippen MR) is 29.8 cm³/mol. The van der Waals surface area contributed by atoms with Crippen molar-refractivity contribution in [3.63, 3.8) is 0 Å². The Labute approximate surface area is 99.9 Å². The summed E-state index contributed by atoms with van der Waals surface area (Å²) in [4.78, 5) is 0. The smallest absolute Gasteiger partial charge is 0.770 e. The molecule has 0 aliphatic carbocycles. The second kappa shape index (κ2) is 7.81. The monoisotopic (exact) mass is 176 g/mol. The second-order valence-electron chi connectivity index (χ2n) is 1.50. The molecular formula is C4H9KO3S. The summed E-state index contributed by atoms with van der Waals surface area (Å²) in [5.74, 6) is 0. The molecule has 0 amide bonds. The van der Waals surface area contributed by atoms with Gasteiger partial charge in [-0.2, -0.15) is 0 Å². The molecule has 0 aromatic heterocycles. The molecule has 0 aliphatic rings. The van der Waals surface area contributed by atoms with Crippen molar-refractivity contribution in [1.82, 2.24) is 0 Å². The largest absolute Gasteiger partial charge is 1.00 e. The molecule has 3 nitrogen and oxygen atoms in total. The molecule has 0 spiro atoms. The average molecular weight is 176 g/mol. The van der Waals surface area contributed by atoms with Gasteiger partial charge in [0.05, 0.1) is 0 Å². The van der Waals surface area contributed by atoms with Crippen molar-refractivity contribution < 1.29 is 65.3 Å². The third-order valence-electron chi connectivity index (χ3n) is 0.758. The van der Waals surface area contributed by atoms with E-state index in [1.54, 1.807) is 0 Å². The van der Waals surface area contributed by atoms with E-state index in [4.69, 9.17) is 5.11 Å². The van der Waals surface area contributed by atoms with Crippen LogP contribution < -0.4 is 51.4 Å². The Morgan fingerprint density at radius 3 is 2.33 bits per heavy atom. The first-order chi connectivity index (χ1) is 3.68. The van der Waals surface area contributed by atoms with Gasteiger partial charge in [-0.1, -0.05) is 13.3 Å². The van der Waals surface area contributed by atoms with Gasteiger partial charge in [0.2, 0.25) is 0 Å². The molecule has 5 heteroatoms. The van der Waals surface area contributed by atoms with E-state index in [1.165, 1.54) is 0 Å². The molecule has 0 heterocycles. The van der Waals surface area contributed by atoms with Crippen LogP contribution in [0.3, 0.4) is 0 Å². The predicted octanol–water partition coefficient (Wildman–Crippen LogP) is -3.01. The Morgan fingerprint density at radius 1 is 1.78 bits per heavy atom. The molecule has 0 radical (unpaired) electrons. The molecule has 0 saturated heterocycles. The summed E-state index contributed by atoms with van der Waals surface area (Å²) in [6.07, 6.45) is 1.02. The van der Waals surface area contributed by atoms with Gasteiger partial charge in [0.1, 0.15) is 5.44 Å². The van der Waals surface area contributed by atoms with E-state index in [9.17, 15) is 8.76 Å². The summed E-state index contributed by atoms with van der Waals surface area (Å²) >= 11 is -2.30. The van der Waals surface area contributed by atoms with Crippen molar-refractivity contribution in [3.05, 3.63) is 0 Å². The van der Waals surface area contributed by atoms with Gasteiger partial charge < -0.3 is 9.66 Å². The molecule has 9 heavy (non-hydrogen) atoms. The Hall–Kier alpha value is 1.71. The number of aliphatic hydroxyl groups is 1. The van der Waals surface area contributed by atoms with Gasteiger partial charge in [0.25, 0.3) is 0 Å². The summed E-state index contributed by atoms with van der Waals surface area (Å²) in [6.45, 7) is 1.82. The Balaban J connectivity index is 0. The molecule has 2 atom stereocenters. The van der Waals surface area contributed by atoms with Crippen LogP contribution in [0.25, 0.3) is 0 Å². The van der Waals surface area contributed by atoms with E-state index < -0.39 is 16.5 Å². The van der Waals surface area contributed by atoms with Crippen LogP contribution in [-0.2, 0) is 11.1 Å². The zero-order chi connectivity index (χ0) is 6.57. The van der Waals surface area contributed by atoms with E-state index in [0.717, 1.165) is 0 Å². The van der Waals surface area contributed by atoms with Crippen molar-refractivity contribution in [3.8, 4) is 0 Å². The van der Waals surface area contributed by atoms with E-state index >= 15 is 0 Å². The quantitative estimate of drug-likeness (QED) is 0.368. The summed E-state index contributed by atoms with van der Waals surface area (Å²) in [6, 6.07) is 0. The topological polar surface area (TPSA) is 60.4 Å². The SMILES string of the molecule is CCCC(O)S(=O)[O-].[K+]. The van der Waals surface area contributed by atoms with E-state index in [1.807, 2.05) is 6.92 Å².